The molecule has 1 N–H and O–H groups in total. The molecule has 0 saturated carbocycles. The number of benzene rings is 1. The summed E-state index contributed by atoms with van der Waals surface area (Å²) in [4.78, 5) is 11.8. The molecule has 1 aliphatic heterocycles. The molecule has 0 saturated heterocycles. The van der Waals surface area contributed by atoms with E-state index in [0.717, 1.165) is 23.3 Å². The van der Waals surface area contributed by atoms with Gasteiger partial charge < -0.3 is 19.0 Å². The minimum Gasteiger partial charge on any atom is -0.504 e. The summed E-state index contributed by atoms with van der Waals surface area (Å²) < 4.78 is 16.0. The van der Waals surface area contributed by atoms with E-state index in [1.807, 2.05) is 19.1 Å². The van der Waals surface area contributed by atoms with E-state index in [1.165, 1.54) is 7.11 Å². The molecule has 0 spiro atoms. The van der Waals surface area contributed by atoms with E-state index < -0.39 is 5.63 Å². The maximum absolute atomic E-state index is 11.8. The fraction of sp³-hybridized carbons (Fsp3) is 0.350. The van der Waals surface area contributed by atoms with Gasteiger partial charge in [-0.1, -0.05) is 26.3 Å². The predicted molar refractivity (Wildman–Crippen MR) is 96.7 cm³/mol. The number of hydrogen-bond donors (Lipinski definition) is 1. The van der Waals surface area contributed by atoms with Gasteiger partial charge in [0, 0.05) is 10.9 Å². The zero-order valence-corrected chi connectivity index (χ0v) is 14.9. The first kappa shape index (κ1) is 17.1. The first-order chi connectivity index (χ1) is 11.9. The molecule has 0 radical (unpaired) electrons. The molecule has 1 atom stereocenters. The number of hydrogen-bond acceptors (Lipinski definition) is 5. The molecule has 1 unspecified atom stereocenters. The predicted octanol–water partition coefficient (Wildman–Crippen LogP) is 4.37. The molecule has 1 aromatic carbocycles. The molecule has 5 heteroatoms. The van der Waals surface area contributed by atoms with Crippen molar-refractivity contribution in [2.45, 2.75) is 33.8 Å². The number of allylic oxidation sites excluding steroid dienone is 2. The Labute approximate surface area is 146 Å². The molecule has 132 valence electrons. The maximum Gasteiger partial charge on any atom is 0.379 e. The van der Waals surface area contributed by atoms with Crippen molar-refractivity contribution >= 4 is 17.0 Å². The fourth-order valence-electron chi connectivity index (χ4n) is 2.90. The van der Waals surface area contributed by atoms with Crippen LogP contribution in [0.3, 0.4) is 0 Å². The van der Waals surface area contributed by atoms with Crippen LogP contribution in [0.25, 0.3) is 17.0 Å². The summed E-state index contributed by atoms with van der Waals surface area (Å²) in [6.07, 6.45) is 5.15. The molecule has 0 aliphatic carbocycles. The highest BCUT2D eigenvalue weighted by atomic mass is 16.5. The summed E-state index contributed by atoms with van der Waals surface area (Å²) in [5.74, 6) is 1.30. The Morgan fingerprint density at radius 1 is 1.44 bits per heavy atom. The lowest BCUT2D eigenvalue weighted by Crippen LogP contribution is -2.07. The Morgan fingerprint density at radius 2 is 2.20 bits per heavy atom. The van der Waals surface area contributed by atoms with Crippen LogP contribution < -0.4 is 10.4 Å². The Bertz CT molecular complexity index is 933. The van der Waals surface area contributed by atoms with Crippen LogP contribution in [0.15, 0.2) is 38.8 Å². The lowest BCUT2D eigenvalue weighted by atomic mass is 9.98. The summed E-state index contributed by atoms with van der Waals surface area (Å²) in [6, 6.07) is 3.45. The Kier molecular flexibility index (Phi) is 4.57. The van der Waals surface area contributed by atoms with Crippen molar-refractivity contribution in [2.24, 2.45) is 5.92 Å². The minimum absolute atomic E-state index is 0.0638. The van der Waals surface area contributed by atoms with Crippen molar-refractivity contribution in [3.05, 3.63) is 51.1 Å². The van der Waals surface area contributed by atoms with E-state index in [9.17, 15) is 9.90 Å². The van der Waals surface area contributed by atoms with Crippen LogP contribution in [0.2, 0.25) is 0 Å². The molecule has 1 aromatic heterocycles. The second kappa shape index (κ2) is 6.67. The van der Waals surface area contributed by atoms with Gasteiger partial charge in [-0.05, 0) is 42.2 Å². The van der Waals surface area contributed by atoms with Crippen LogP contribution in [0.1, 0.15) is 38.3 Å². The second-order valence-electron chi connectivity index (χ2n) is 6.35. The van der Waals surface area contributed by atoms with Gasteiger partial charge in [0.2, 0.25) is 5.75 Å². The highest BCUT2D eigenvalue weighted by Gasteiger charge is 2.21. The molecular formula is C20H22O5. The molecule has 1 aliphatic rings. The smallest absolute Gasteiger partial charge is 0.379 e. The number of methoxy groups -OCH3 is 1. The van der Waals surface area contributed by atoms with Crippen molar-refractivity contribution < 1.29 is 19.0 Å². The maximum atomic E-state index is 11.8. The largest absolute Gasteiger partial charge is 0.504 e. The first-order valence-corrected chi connectivity index (χ1v) is 8.34. The molecule has 0 amide bonds. The Morgan fingerprint density at radius 3 is 2.88 bits per heavy atom. The van der Waals surface area contributed by atoms with Crippen LogP contribution in [0.4, 0.5) is 0 Å². The third-order valence-electron chi connectivity index (χ3n) is 4.55. The van der Waals surface area contributed by atoms with Crippen LogP contribution in [0.5, 0.6) is 11.5 Å². The van der Waals surface area contributed by atoms with Gasteiger partial charge in [-0.3, -0.25) is 0 Å². The summed E-state index contributed by atoms with van der Waals surface area (Å²) in [5.41, 5.74) is 2.05. The van der Waals surface area contributed by atoms with Gasteiger partial charge in [0.05, 0.1) is 7.11 Å². The van der Waals surface area contributed by atoms with E-state index in [2.05, 4.69) is 19.9 Å². The minimum atomic E-state index is -0.620. The number of rotatable bonds is 4. The molecular weight excluding hydrogens is 320 g/mol. The van der Waals surface area contributed by atoms with Crippen molar-refractivity contribution in [3.63, 3.8) is 0 Å². The monoisotopic (exact) mass is 342 g/mol. The third kappa shape index (κ3) is 3.14. The van der Waals surface area contributed by atoms with Gasteiger partial charge in [0.25, 0.3) is 0 Å². The van der Waals surface area contributed by atoms with Gasteiger partial charge >= 0.3 is 5.63 Å². The summed E-state index contributed by atoms with van der Waals surface area (Å²) in [5, 5.41) is 11.1. The van der Waals surface area contributed by atoms with Gasteiger partial charge in [0.15, 0.2) is 11.3 Å². The van der Waals surface area contributed by atoms with Crippen molar-refractivity contribution in [2.75, 3.05) is 7.11 Å². The quantitative estimate of drug-likeness (QED) is 0.836. The van der Waals surface area contributed by atoms with Crippen molar-refractivity contribution in [1.29, 1.82) is 0 Å². The third-order valence-corrected chi connectivity index (χ3v) is 4.55. The van der Waals surface area contributed by atoms with Gasteiger partial charge in [-0.15, -0.1) is 0 Å². The number of aromatic hydroxyl groups is 1. The number of ether oxygens (including phenoxy) is 2. The van der Waals surface area contributed by atoms with Gasteiger partial charge in [-0.25, -0.2) is 4.79 Å². The molecule has 25 heavy (non-hydrogen) atoms. The summed E-state index contributed by atoms with van der Waals surface area (Å²) in [6.45, 7) is 6.55. The standard InChI is InChI=1S/C20H22O5/c1-5-11(2)6-12(3)16-8-13-7-14-9-17(23-4)20(22)25-19(14)18(21)15(13)10-24-16/h6-9,11,21H,5,10H2,1-4H3. The van der Waals surface area contributed by atoms with Crippen LogP contribution in [-0.2, 0) is 11.3 Å². The van der Waals surface area contributed by atoms with Crippen LogP contribution in [-0.4, -0.2) is 12.2 Å². The first-order valence-electron chi connectivity index (χ1n) is 8.34. The van der Waals surface area contributed by atoms with E-state index in [-0.39, 0.29) is 23.7 Å². The topological polar surface area (TPSA) is 68.9 Å². The van der Waals surface area contributed by atoms with Crippen LogP contribution >= 0.6 is 0 Å². The molecule has 0 fully saturated rings. The SMILES string of the molecule is CCC(C)C=C(C)C1=Cc2cc3cc(OC)c(=O)oc3c(O)c2CO1. The lowest BCUT2D eigenvalue weighted by Gasteiger charge is -2.21. The highest BCUT2D eigenvalue weighted by Crippen LogP contribution is 2.37. The zero-order valence-electron chi connectivity index (χ0n) is 14.9. The summed E-state index contributed by atoms with van der Waals surface area (Å²) >= 11 is 0. The highest BCUT2D eigenvalue weighted by molar-refractivity contribution is 5.88. The fourth-order valence-corrected chi connectivity index (χ4v) is 2.90. The average molecular weight is 342 g/mol. The Hall–Kier alpha value is -2.69. The average Bonchev–Trinajstić information content (AvgIpc) is 2.61. The number of phenolic OH excluding ortho intramolecular Hbond substituents is 1. The molecule has 3 rings (SSSR count). The lowest BCUT2D eigenvalue weighted by molar-refractivity contribution is 0.201. The summed E-state index contributed by atoms with van der Waals surface area (Å²) in [7, 11) is 1.41. The normalized spacial score (nSPS) is 15.4. The Balaban J connectivity index is 2.13. The van der Waals surface area contributed by atoms with Gasteiger partial charge in [-0.2, -0.15) is 0 Å². The van der Waals surface area contributed by atoms with E-state index in [4.69, 9.17) is 13.9 Å². The second-order valence-corrected chi connectivity index (χ2v) is 6.35. The van der Waals surface area contributed by atoms with E-state index in [1.54, 1.807) is 6.07 Å². The number of fused-ring (bicyclic) bond motifs is 2. The number of phenols is 1. The van der Waals surface area contributed by atoms with Crippen LogP contribution in [0, 0.1) is 5.92 Å². The molecule has 5 nitrogen and oxygen atoms in total. The van der Waals surface area contributed by atoms with Gasteiger partial charge in [0.1, 0.15) is 12.4 Å². The zero-order chi connectivity index (χ0) is 18.1. The molecule has 2 aromatic rings. The van der Waals surface area contributed by atoms with Crippen molar-refractivity contribution in [1.82, 2.24) is 0 Å². The molecule has 0 bridgehead atoms. The molecule has 2 heterocycles. The van der Waals surface area contributed by atoms with E-state index in [0.29, 0.717) is 16.9 Å². The van der Waals surface area contributed by atoms with E-state index >= 15 is 0 Å². The van der Waals surface area contributed by atoms with Crippen molar-refractivity contribution in [3.8, 4) is 11.5 Å².